The Morgan fingerprint density at radius 1 is 1.11 bits per heavy atom. The Hall–Kier alpha value is -2.51. The van der Waals surface area contributed by atoms with Crippen LogP contribution >= 0.6 is 23.4 Å². The van der Waals surface area contributed by atoms with Gasteiger partial charge in [0.05, 0.1) is 10.3 Å². The largest absolute Gasteiger partial charge is 0.335 e. The van der Waals surface area contributed by atoms with Crippen molar-refractivity contribution in [1.29, 1.82) is 0 Å². The lowest BCUT2D eigenvalue weighted by atomic mass is 10.0. The number of amides is 1. The van der Waals surface area contributed by atoms with Crippen molar-refractivity contribution in [2.75, 3.05) is 11.2 Å². The summed E-state index contributed by atoms with van der Waals surface area (Å²) < 4.78 is 1.36. The lowest BCUT2D eigenvalue weighted by Crippen LogP contribution is -2.24. The summed E-state index contributed by atoms with van der Waals surface area (Å²) >= 11 is 7.46. The summed E-state index contributed by atoms with van der Waals surface area (Å²) in [6.45, 7) is 5.99. The minimum absolute atomic E-state index is 0.125. The molecule has 0 radical (unpaired) electrons. The van der Waals surface area contributed by atoms with Gasteiger partial charge in [-0.2, -0.15) is 0 Å². The van der Waals surface area contributed by atoms with Gasteiger partial charge in [0.1, 0.15) is 0 Å². The smallest absolute Gasteiger partial charge is 0.237 e. The number of nitrogen functional groups attached to an aromatic ring is 1. The van der Waals surface area contributed by atoms with Gasteiger partial charge in [-0.15, -0.1) is 10.2 Å². The summed E-state index contributed by atoms with van der Waals surface area (Å²) in [4.78, 5) is 12.7. The molecule has 2 aromatic carbocycles. The first-order chi connectivity index (χ1) is 13.4. The standard InChI is InChI=1S/C20H22ClN5OS/c1-12(2)14-8-5-7-11-17(14)23-19(27)13(3)28-20-25-24-18(26(20)22)15-9-4-6-10-16(15)21/h4-13H,22H2,1-3H3,(H,23,27). The summed E-state index contributed by atoms with van der Waals surface area (Å²) in [5.41, 5.74) is 2.60. The molecule has 3 rings (SSSR count). The number of nitrogens with two attached hydrogens (primary N) is 1. The summed E-state index contributed by atoms with van der Waals surface area (Å²) in [5.74, 6) is 6.78. The Morgan fingerprint density at radius 2 is 1.79 bits per heavy atom. The van der Waals surface area contributed by atoms with Gasteiger partial charge in [0.2, 0.25) is 11.1 Å². The molecule has 1 heterocycles. The lowest BCUT2D eigenvalue weighted by molar-refractivity contribution is -0.115. The number of anilines is 1. The Balaban J connectivity index is 1.74. The van der Waals surface area contributed by atoms with Crippen LogP contribution in [0.4, 0.5) is 5.69 Å². The number of nitrogens with zero attached hydrogens (tertiary/aromatic N) is 3. The van der Waals surface area contributed by atoms with Crippen LogP contribution in [0.15, 0.2) is 53.7 Å². The van der Waals surface area contributed by atoms with E-state index in [1.807, 2.05) is 49.4 Å². The van der Waals surface area contributed by atoms with E-state index < -0.39 is 5.25 Å². The number of nitrogens with one attached hydrogen (secondary N) is 1. The molecule has 6 nitrogen and oxygen atoms in total. The van der Waals surface area contributed by atoms with Crippen molar-refractivity contribution < 1.29 is 4.79 Å². The molecule has 1 atom stereocenters. The van der Waals surface area contributed by atoms with Crippen LogP contribution in [-0.4, -0.2) is 26.0 Å². The van der Waals surface area contributed by atoms with Gasteiger partial charge >= 0.3 is 0 Å². The number of carbonyl (C=O) groups excluding carboxylic acids is 1. The van der Waals surface area contributed by atoms with Crippen molar-refractivity contribution >= 4 is 35.0 Å². The molecule has 1 aromatic heterocycles. The molecule has 0 aliphatic carbocycles. The third-order valence-corrected chi connectivity index (χ3v) is 5.66. The monoisotopic (exact) mass is 415 g/mol. The maximum absolute atomic E-state index is 12.7. The fraction of sp³-hybridized carbons (Fsp3) is 0.250. The highest BCUT2D eigenvalue weighted by Gasteiger charge is 2.21. The molecule has 0 saturated heterocycles. The molecular weight excluding hydrogens is 394 g/mol. The molecular formula is C20H22ClN5OS. The van der Waals surface area contributed by atoms with Crippen molar-refractivity contribution in [2.45, 2.75) is 37.1 Å². The SMILES string of the molecule is CC(Sc1nnc(-c2ccccc2Cl)n1N)C(=O)Nc1ccccc1C(C)C. The van der Waals surface area contributed by atoms with E-state index in [0.717, 1.165) is 11.3 Å². The van der Waals surface area contributed by atoms with Gasteiger partial charge in [-0.05, 0) is 36.6 Å². The molecule has 146 valence electrons. The molecule has 1 unspecified atom stereocenters. The minimum Gasteiger partial charge on any atom is -0.335 e. The van der Waals surface area contributed by atoms with Crippen LogP contribution in [0.2, 0.25) is 5.02 Å². The third-order valence-electron chi connectivity index (χ3n) is 4.27. The van der Waals surface area contributed by atoms with Gasteiger partial charge < -0.3 is 11.2 Å². The number of hydrogen-bond donors (Lipinski definition) is 2. The van der Waals surface area contributed by atoms with Crippen molar-refractivity contribution in [3.63, 3.8) is 0 Å². The maximum Gasteiger partial charge on any atom is 0.237 e. The highest BCUT2D eigenvalue weighted by Crippen LogP contribution is 2.30. The van der Waals surface area contributed by atoms with Crippen LogP contribution < -0.4 is 11.2 Å². The van der Waals surface area contributed by atoms with E-state index in [9.17, 15) is 4.79 Å². The molecule has 0 spiro atoms. The van der Waals surface area contributed by atoms with Gasteiger partial charge in [0, 0.05) is 11.3 Å². The normalized spacial score (nSPS) is 12.2. The topological polar surface area (TPSA) is 85.8 Å². The first kappa shape index (κ1) is 20.2. The number of aromatic nitrogens is 3. The summed E-state index contributed by atoms with van der Waals surface area (Å²) in [6, 6.07) is 15.1. The number of halogens is 1. The van der Waals surface area contributed by atoms with Gasteiger partial charge in [-0.1, -0.05) is 67.5 Å². The molecule has 0 saturated carbocycles. The highest BCUT2D eigenvalue weighted by molar-refractivity contribution is 8.00. The molecule has 3 aromatic rings. The molecule has 0 bridgehead atoms. The van der Waals surface area contributed by atoms with E-state index in [0.29, 0.717) is 27.5 Å². The van der Waals surface area contributed by atoms with Crippen molar-refractivity contribution in [2.24, 2.45) is 0 Å². The second-order valence-corrected chi connectivity index (χ2v) is 8.36. The first-order valence-corrected chi connectivity index (χ1v) is 10.2. The summed E-state index contributed by atoms with van der Waals surface area (Å²) in [5, 5.41) is 11.8. The fourth-order valence-corrected chi connectivity index (χ4v) is 3.73. The van der Waals surface area contributed by atoms with Gasteiger partial charge in [-0.25, -0.2) is 4.68 Å². The molecule has 0 aliphatic rings. The minimum atomic E-state index is -0.411. The van der Waals surface area contributed by atoms with E-state index in [1.54, 1.807) is 6.07 Å². The average molecular weight is 416 g/mol. The van der Waals surface area contributed by atoms with E-state index in [1.165, 1.54) is 16.4 Å². The third kappa shape index (κ3) is 4.31. The van der Waals surface area contributed by atoms with Crippen molar-refractivity contribution in [3.8, 4) is 11.4 Å². The summed E-state index contributed by atoms with van der Waals surface area (Å²) in [7, 11) is 0. The second kappa shape index (κ2) is 8.67. The highest BCUT2D eigenvalue weighted by atomic mass is 35.5. The molecule has 3 N–H and O–H groups in total. The zero-order chi connectivity index (χ0) is 20.3. The van der Waals surface area contributed by atoms with Crippen molar-refractivity contribution in [3.05, 3.63) is 59.1 Å². The van der Waals surface area contributed by atoms with Crippen LogP contribution in [0.3, 0.4) is 0 Å². The number of carbonyl (C=O) groups is 1. The van der Waals surface area contributed by atoms with Crippen LogP contribution in [0.1, 0.15) is 32.3 Å². The van der Waals surface area contributed by atoms with Gasteiger partial charge in [-0.3, -0.25) is 4.79 Å². The predicted octanol–water partition coefficient (Wildman–Crippen LogP) is 4.56. The average Bonchev–Trinajstić information content (AvgIpc) is 3.02. The maximum atomic E-state index is 12.7. The van der Waals surface area contributed by atoms with E-state index in [2.05, 4.69) is 29.4 Å². The van der Waals surface area contributed by atoms with Gasteiger partial charge in [0.25, 0.3) is 0 Å². The van der Waals surface area contributed by atoms with E-state index in [-0.39, 0.29) is 5.91 Å². The Labute approximate surface area is 173 Å². The Kier molecular flexibility index (Phi) is 6.26. The van der Waals surface area contributed by atoms with Crippen LogP contribution in [0.5, 0.6) is 0 Å². The Morgan fingerprint density at radius 3 is 2.50 bits per heavy atom. The number of para-hydroxylation sites is 1. The first-order valence-electron chi connectivity index (χ1n) is 8.90. The van der Waals surface area contributed by atoms with Crippen LogP contribution in [0, 0.1) is 0 Å². The number of thioether (sulfide) groups is 1. The van der Waals surface area contributed by atoms with Crippen LogP contribution in [0.25, 0.3) is 11.4 Å². The van der Waals surface area contributed by atoms with E-state index >= 15 is 0 Å². The second-order valence-electron chi connectivity index (χ2n) is 6.65. The lowest BCUT2D eigenvalue weighted by Gasteiger charge is -2.16. The number of rotatable bonds is 6. The zero-order valence-corrected chi connectivity index (χ0v) is 17.5. The fourth-order valence-electron chi connectivity index (χ4n) is 2.74. The van der Waals surface area contributed by atoms with Crippen LogP contribution in [-0.2, 0) is 4.79 Å². The predicted molar refractivity (Wildman–Crippen MR) is 115 cm³/mol. The Bertz CT molecular complexity index is 988. The zero-order valence-electron chi connectivity index (χ0n) is 15.9. The number of benzene rings is 2. The molecule has 0 aliphatic heterocycles. The summed E-state index contributed by atoms with van der Waals surface area (Å²) in [6.07, 6.45) is 0. The van der Waals surface area contributed by atoms with Gasteiger partial charge in [0.15, 0.2) is 5.82 Å². The molecule has 1 amide bonds. The molecule has 28 heavy (non-hydrogen) atoms. The van der Waals surface area contributed by atoms with E-state index in [4.69, 9.17) is 17.4 Å². The molecule has 8 heteroatoms. The molecule has 0 fully saturated rings. The number of hydrogen-bond acceptors (Lipinski definition) is 5. The quantitative estimate of drug-likeness (QED) is 0.455. The van der Waals surface area contributed by atoms with Crippen molar-refractivity contribution in [1.82, 2.24) is 14.9 Å².